The maximum absolute atomic E-state index is 13.7. The Balaban J connectivity index is 1.59. The third-order valence-electron chi connectivity index (χ3n) is 5.82. The number of thiophene rings is 1. The van der Waals surface area contributed by atoms with Crippen molar-refractivity contribution in [2.75, 3.05) is 18.6 Å². The molecule has 1 saturated heterocycles. The first-order valence-electron chi connectivity index (χ1n) is 10.6. The smallest absolute Gasteiger partial charge is 0.326 e. The van der Waals surface area contributed by atoms with Crippen LogP contribution in [-0.2, 0) is 25.7 Å². The van der Waals surface area contributed by atoms with Crippen LogP contribution in [0.5, 0.6) is 5.75 Å². The van der Waals surface area contributed by atoms with Crippen molar-refractivity contribution in [2.45, 2.75) is 29.7 Å². The van der Waals surface area contributed by atoms with Crippen LogP contribution in [0.25, 0.3) is 0 Å². The van der Waals surface area contributed by atoms with Crippen molar-refractivity contribution in [3.63, 3.8) is 0 Å². The van der Waals surface area contributed by atoms with Crippen molar-refractivity contribution < 1.29 is 23.9 Å². The molecule has 3 aromatic rings. The molecule has 11 heteroatoms. The van der Waals surface area contributed by atoms with E-state index in [1.165, 1.54) is 32.6 Å². The van der Waals surface area contributed by atoms with Gasteiger partial charge in [0.15, 0.2) is 0 Å². The lowest BCUT2D eigenvalue weighted by Crippen LogP contribution is -2.32. The monoisotopic (exact) mass is 516 g/mol. The fourth-order valence-electron chi connectivity index (χ4n) is 4.35. The molecule has 0 bridgehead atoms. The zero-order valence-electron chi connectivity index (χ0n) is 18.3. The lowest BCUT2D eigenvalue weighted by Gasteiger charge is -2.29. The molecule has 1 fully saturated rings. The van der Waals surface area contributed by atoms with Crippen LogP contribution in [0.3, 0.4) is 0 Å². The molecule has 5 rings (SSSR count). The van der Waals surface area contributed by atoms with E-state index in [-0.39, 0.29) is 29.8 Å². The maximum Gasteiger partial charge on any atom is 0.326 e. The van der Waals surface area contributed by atoms with Crippen LogP contribution >= 0.6 is 34.4 Å². The van der Waals surface area contributed by atoms with Gasteiger partial charge in [0.2, 0.25) is 11.8 Å². The van der Waals surface area contributed by atoms with E-state index in [1.807, 2.05) is 17.5 Å². The largest absolute Gasteiger partial charge is 0.497 e. The highest BCUT2D eigenvalue weighted by Crippen LogP contribution is 2.54. The molecule has 8 nitrogen and oxygen atoms in total. The third kappa shape index (κ3) is 3.68. The van der Waals surface area contributed by atoms with Gasteiger partial charge in [0, 0.05) is 15.7 Å². The number of hydrogen-bond donors (Lipinski definition) is 0. The molecule has 2 amide bonds. The number of imide groups is 1. The summed E-state index contributed by atoms with van der Waals surface area (Å²) in [5.74, 6) is -1.62. The Morgan fingerprint density at radius 3 is 2.50 bits per heavy atom. The number of fused-ring (bicyclic) bond motifs is 2. The SMILES string of the molecule is CCOC(=O)Cn1c2c(sc1=O)C(c1cccs1)C1C(=O)N(c3ccc(OC)cc3)C(=O)C1S2. The van der Waals surface area contributed by atoms with Crippen LogP contribution in [-0.4, -0.2) is 41.3 Å². The summed E-state index contributed by atoms with van der Waals surface area (Å²) in [6.45, 7) is 1.68. The van der Waals surface area contributed by atoms with Gasteiger partial charge in [0.1, 0.15) is 17.5 Å². The van der Waals surface area contributed by atoms with Crippen LogP contribution in [0, 0.1) is 5.92 Å². The number of thioether (sulfide) groups is 1. The predicted octanol–water partition coefficient (Wildman–Crippen LogP) is 3.34. The van der Waals surface area contributed by atoms with Gasteiger partial charge < -0.3 is 9.47 Å². The summed E-state index contributed by atoms with van der Waals surface area (Å²) in [7, 11) is 1.55. The molecule has 1 aromatic carbocycles. The molecule has 0 spiro atoms. The molecule has 2 aliphatic rings. The minimum absolute atomic E-state index is 0.208. The van der Waals surface area contributed by atoms with Crippen molar-refractivity contribution in [1.82, 2.24) is 4.57 Å². The van der Waals surface area contributed by atoms with Gasteiger partial charge in [-0.1, -0.05) is 29.2 Å². The van der Waals surface area contributed by atoms with Gasteiger partial charge in [0.05, 0.1) is 30.3 Å². The highest BCUT2D eigenvalue weighted by Gasteiger charge is 2.57. The summed E-state index contributed by atoms with van der Waals surface area (Å²) in [4.78, 5) is 54.8. The van der Waals surface area contributed by atoms with Crippen LogP contribution in [0.2, 0.25) is 0 Å². The highest BCUT2D eigenvalue weighted by molar-refractivity contribution is 8.00. The number of carbonyl (C=O) groups is 3. The molecule has 0 N–H and O–H groups in total. The molecular weight excluding hydrogens is 496 g/mol. The molecule has 0 saturated carbocycles. The molecule has 176 valence electrons. The Morgan fingerprint density at radius 1 is 1.09 bits per heavy atom. The van der Waals surface area contributed by atoms with Gasteiger partial charge in [-0.25, -0.2) is 4.90 Å². The van der Waals surface area contributed by atoms with E-state index < -0.39 is 23.1 Å². The second-order valence-electron chi connectivity index (χ2n) is 7.70. The molecule has 0 aliphatic carbocycles. The molecule has 2 aromatic heterocycles. The van der Waals surface area contributed by atoms with Gasteiger partial charge in [0.25, 0.3) is 0 Å². The Morgan fingerprint density at radius 2 is 1.85 bits per heavy atom. The minimum atomic E-state index is -0.711. The van der Waals surface area contributed by atoms with Gasteiger partial charge in [-0.3, -0.25) is 23.7 Å². The summed E-state index contributed by atoms with van der Waals surface area (Å²) in [5.41, 5.74) is 0.475. The number of hydrogen-bond acceptors (Lipinski definition) is 9. The number of ether oxygens (including phenoxy) is 2. The second kappa shape index (κ2) is 9.05. The Bertz CT molecular complexity index is 1310. The quantitative estimate of drug-likeness (QED) is 0.366. The second-order valence-corrected chi connectivity index (χ2v) is 10.8. The summed E-state index contributed by atoms with van der Waals surface area (Å²) in [5, 5.41) is 1.75. The van der Waals surface area contributed by atoms with Gasteiger partial charge in [-0.05, 0) is 42.6 Å². The van der Waals surface area contributed by atoms with E-state index >= 15 is 0 Å². The summed E-state index contributed by atoms with van der Waals surface area (Å²) < 4.78 is 11.6. The molecule has 3 atom stereocenters. The first-order chi connectivity index (χ1) is 16.4. The first-order valence-corrected chi connectivity index (χ1v) is 13.1. The average Bonchev–Trinajstić information content (AvgIpc) is 3.52. The molecular formula is C23H20N2O6S3. The molecule has 2 aliphatic heterocycles. The maximum atomic E-state index is 13.7. The van der Waals surface area contributed by atoms with E-state index in [0.29, 0.717) is 21.3 Å². The predicted molar refractivity (Wildman–Crippen MR) is 130 cm³/mol. The third-order valence-corrected chi connectivity index (χ3v) is 9.38. The normalized spacial score (nSPS) is 21.4. The van der Waals surface area contributed by atoms with E-state index in [1.54, 1.807) is 38.3 Å². The minimum Gasteiger partial charge on any atom is -0.497 e. The topological polar surface area (TPSA) is 94.9 Å². The number of aromatic nitrogens is 1. The van der Waals surface area contributed by atoms with Gasteiger partial charge in [-0.15, -0.1) is 11.3 Å². The van der Waals surface area contributed by atoms with Crippen molar-refractivity contribution in [3.05, 3.63) is 61.2 Å². The van der Waals surface area contributed by atoms with E-state index in [2.05, 4.69) is 0 Å². The van der Waals surface area contributed by atoms with Gasteiger partial charge in [-0.2, -0.15) is 0 Å². The number of methoxy groups -OCH3 is 1. The van der Waals surface area contributed by atoms with Crippen LogP contribution in [0.1, 0.15) is 22.6 Å². The Labute approximate surface area is 207 Å². The number of esters is 1. The van der Waals surface area contributed by atoms with E-state index in [4.69, 9.17) is 9.47 Å². The molecule has 34 heavy (non-hydrogen) atoms. The fraction of sp³-hybridized carbons (Fsp3) is 0.304. The van der Waals surface area contributed by atoms with Crippen molar-refractivity contribution in [1.29, 1.82) is 0 Å². The zero-order valence-corrected chi connectivity index (χ0v) is 20.7. The number of anilines is 1. The fourth-order valence-corrected chi connectivity index (χ4v) is 8.07. The number of rotatable bonds is 6. The van der Waals surface area contributed by atoms with Gasteiger partial charge >= 0.3 is 10.8 Å². The average molecular weight is 517 g/mol. The number of carbonyl (C=O) groups excluding carboxylic acids is 3. The molecule has 3 unspecified atom stereocenters. The van der Waals surface area contributed by atoms with Crippen LogP contribution in [0.15, 0.2) is 51.6 Å². The van der Waals surface area contributed by atoms with Crippen LogP contribution in [0.4, 0.5) is 5.69 Å². The summed E-state index contributed by atoms with van der Waals surface area (Å²) in [6.07, 6.45) is 0. The standard InChI is InChI=1S/C23H20N2O6S3/c1-3-31-15(26)11-24-22-19(34-23(24)29)16(14-5-4-10-32-14)17-18(33-22)21(28)25(20(17)27)12-6-8-13(30-2)9-7-12/h4-10,16-18H,3,11H2,1-2H3. The molecule has 4 heterocycles. The Kier molecular flexibility index (Phi) is 6.09. The number of benzene rings is 1. The van der Waals surface area contributed by atoms with Crippen molar-refractivity contribution >= 4 is 57.9 Å². The first kappa shape index (κ1) is 22.9. The lowest BCUT2D eigenvalue weighted by molar-refractivity contribution is -0.144. The molecule has 0 radical (unpaired) electrons. The number of thiazole rings is 1. The number of nitrogens with zero attached hydrogens (tertiary/aromatic N) is 2. The summed E-state index contributed by atoms with van der Waals surface area (Å²) >= 11 is 3.69. The van der Waals surface area contributed by atoms with Crippen LogP contribution < -0.4 is 14.5 Å². The number of amides is 2. The lowest BCUT2D eigenvalue weighted by atomic mass is 9.87. The van der Waals surface area contributed by atoms with E-state index in [9.17, 15) is 19.2 Å². The Hall–Kier alpha value is -2.89. The summed E-state index contributed by atoms with van der Waals surface area (Å²) in [6, 6.07) is 10.6. The zero-order chi connectivity index (χ0) is 24.0. The van der Waals surface area contributed by atoms with Crippen molar-refractivity contribution in [3.8, 4) is 5.75 Å². The van der Waals surface area contributed by atoms with E-state index in [0.717, 1.165) is 16.2 Å². The highest BCUT2D eigenvalue weighted by atomic mass is 32.2. The van der Waals surface area contributed by atoms with Crippen molar-refractivity contribution in [2.24, 2.45) is 5.92 Å².